The van der Waals surface area contributed by atoms with Gasteiger partial charge in [-0.3, -0.25) is 9.59 Å². The Balaban J connectivity index is 1.51. The number of nitrogens with zero attached hydrogens (tertiary/aromatic N) is 1. The third kappa shape index (κ3) is 3.72. The summed E-state index contributed by atoms with van der Waals surface area (Å²) in [5.74, 6) is 1.34. The second-order valence-corrected chi connectivity index (χ2v) is 6.88. The van der Waals surface area contributed by atoms with Crippen molar-refractivity contribution >= 4 is 23.7 Å². The molecular weight excluding hydrogens is 302 g/mol. The van der Waals surface area contributed by atoms with E-state index in [9.17, 15) is 9.59 Å². The fourth-order valence-electron chi connectivity index (χ4n) is 3.24. The maximum absolute atomic E-state index is 12.1. The zero-order valence-corrected chi connectivity index (χ0v) is 14.0. The summed E-state index contributed by atoms with van der Waals surface area (Å²) in [7, 11) is 0. The first kappa shape index (κ1) is 16.4. The largest absolute Gasteiger partial charge is 0.326 e. The van der Waals surface area contributed by atoms with Gasteiger partial charge >= 0.3 is 0 Å². The molecule has 0 saturated heterocycles. The van der Waals surface area contributed by atoms with Crippen molar-refractivity contribution in [1.82, 2.24) is 5.43 Å². The van der Waals surface area contributed by atoms with E-state index in [1.807, 2.05) is 20.1 Å². The predicted molar refractivity (Wildman–Crippen MR) is 94.7 cm³/mol. The third-order valence-electron chi connectivity index (χ3n) is 4.70. The number of benzene rings is 1. The topological polar surface area (TPSA) is 70.6 Å². The summed E-state index contributed by atoms with van der Waals surface area (Å²) in [5.41, 5.74) is 3.78. The number of carbonyl (C=O) groups excluding carboxylic acids is 2. The Morgan fingerprint density at radius 3 is 2.50 bits per heavy atom. The highest BCUT2D eigenvalue weighted by Crippen LogP contribution is 2.42. The highest BCUT2D eigenvalue weighted by molar-refractivity contribution is 5.96. The molecule has 0 unspecified atom stereocenters. The minimum atomic E-state index is -0.244. The van der Waals surface area contributed by atoms with E-state index in [0.717, 1.165) is 6.42 Å². The van der Waals surface area contributed by atoms with Crippen molar-refractivity contribution in [1.29, 1.82) is 0 Å². The zero-order chi connectivity index (χ0) is 17.1. The fourth-order valence-corrected chi connectivity index (χ4v) is 3.24. The minimum Gasteiger partial charge on any atom is -0.326 e. The van der Waals surface area contributed by atoms with Gasteiger partial charge in [-0.2, -0.15) is 5.10 Å². The zero-order valence-electron chi connectivity index (χ0n) is 14.0. The van der Waals surface area contributed by atoms with Gasteiger partial charge in [0.05, 0.1) is 0 Å². The average molecular weight is 325 g/mol. The summed E-state index contributed by atoms with van der Waals surface area (Å²) in [6.45, 7) is 3.67. The molecule has 1 aromatic rings. The number of amides is 2. The Hall–Kier alpha value is -2.43. The maximum Gasteiger partial charge on any atom is 0.271 e. The summed E-state index contributed by atoms with van der Waals surface area (Å²) in [6, 6.07) is 6.81. The molecule has 0 heterocycles. The predicted octanol–water partition coefficient (Wildman–Crippen LogP) is 3.21. The van der Waals surface area contributed by atoms with Crippen LogP contribution in [0.3, 0.4) is 0 Å². The van der Waals surface area contributed by atoms with Crippen LogP contribution in [0.15, 0.2) is 41.5 Å². The lowest BCUT2D eigenvalue weighted by Gasteiger charge is -2.12. The van der Waals surface area contributed by atoms with Crippen molar-refractivity contribution in [3.63, 3.8) is 0 Å². The first-order valence-electron chi connectivity index (χ1n) is 8.45. The van der Waals surface area contributed by atoms with Crippen LogP contribution in [0, 0.1) is 23.7 Å². The molecular formula is C19H23N3O2. The van der Waals surface area contributed by atoms with Gasteiger partial charge in [0.15, 0.2) is 0 Å². The fraction of sp³-hybridized carbons (Fsp3) is 0.421. The number of carbonyl (C=O) groups is 2. The summed E-state index contributed by atoms with van der Waals surface area (Å²) < 4.78 is 0. The van der Waals surface area contributed by atoms with Crippen LogP contribution < -0.4 is 10.7 Å². The normalized spacial score (nSPS) is 24.7. The van der Waals surface area contributed by atoms with Crippen LogP contribution in [-0.4, -0.2) is 18.0 Å². The van der Waals surface area contributed by atoms with Gasteiger partial charge in [0.25, 0.3) is 5.91 Å². The number of nitrogens with one attached hydrogen (secondary N) is 2. The Labute approximate surface area is 142 Å². The van der Waals surface area contributed by atoms with Crippen molar-refractivity contribution in [3.8, 4) is 0 Å². The number of hydrogen-bond acceptors (Lipinski definition) is 3. The van der Waals surface area contributed by atoms with E-state index >= 15 is 0 Å². The Bertz CT molecular complexity index is 676. The number of anilines is 1. The average Bonchev–Trinajstić information content (AvgIpc) is 3.18. The smallest absolute Gasteiger partial charge is 0.271 e. The summed E-state index contributed by atoms with van der Waals surface area (Å²) in [4.78, 5) is 23.7. The Morgan fingerprint density at radius 1 is 1.17 bits per heavy atom. The molecule has 1 fully saturated rings. The van der Waals surface area contributed by atoms with Crippen LogP contribution in [0.25, 0.3) is 0 Å². The molecule has 1 saturated carbocycles. The second kappa shape index (κ2) is 6.99. The minimum absolute atomic E-state index is 0.0447. The molecule has 3 rings (SSSR count). The van der Waals surface area contributed by atoms with Gasteiger partial charge in [0.1, 0.15) is 0 Å². The molecule has 5 nitrogen and oxygen atoms in total. The highest BCUT2D eigenvalue weighted by Gasteiger charge is 2.34. The molecule has 2 aliphatic carbocycles. The Kier molecular flexibility index (Phi) is 4.79. The van der Waals surface area contributed by atoms with Gasteiger partial charge in [0.2, 0.25) is 5.91 Å². The lowest BCUT2D eigenvalue weighted by atomic mass is 9.95. The van der Waals surface area contributed by atoms with Crippen LogP contribution in [-0.2, 0) is 4.79 Å². The van der Waals surface area contributed by atoms with Crippen LogP contribution in [0.2, 0.25) is 0 Å². The molecule has 126 valence electrons. The number of hydrazone groups is 1. The van der Waals surface area contributed by atoms with Crippen molar-refractivity contribution < 1.29 is 9.59 Å². The molecule has 0 aromatic heterocycles. The monoisotopic (exact) mass is 325 g/mol. The van der Waals surface area contributed by atoms with E-state index in [1.165, 1.54) is 6.42 Å². The van der Waals surface area contributed by atoms with Crippen molar-refractivity contribution in [2.45, 2.75) is 26.7 Å². The molecule has 5 heteroatoms. The van der Waals surface area contributed by atoms with E-state index in [-0.39, 0.29) is 17.7 Å². The third-order valence-corrected chi connectivity index (χ3v) is 4.70. The van der Waals surface area contributed by atoms with Crippen molar-refractivity contribution in [2.24, 2.45) is 28.8 Å². The molecule has 1 aromatic carbocycles. The van der Waals surface area contributed by atoms with Gasteiger partial charge in [-0.1, -0.05) is 26.0 Å². The van der Waals surface area contributed by atoms with Crippen molar-refractivity contribution in [3.05, 3.63) is 42.0 Å². The van der Waals surface area contributed by atoms with Crippen LogP contribution in [0.4, 0.5) is 5.69 Å². The summed E-state index contributed by atoms with van der Waals surface area (Å²) in [5, 5.41) is 6.91. The molecule has 2 N–H and O–H groups in total. The molecule has 0 aliphatic heterocycles. The molecule has 24 heavy (non-hydrogen) atoms. The lowest BCUT2D eigenvalue weighted by molar-refractivity contribution is -0.118. The standard InChI is InChI=1S/C19H23N3O2/c1-12(2)18(23)21-17-7-5-14(6-8-17)19(24)22-20-11-16-10-13-3-4-15(16)9-13/h3-8,11-13,15-16H,9-10H2,1-2H3,(H,21,23)(H,22,24)/b20-11-/t13-,15-,16+/m0/s1. The second-order valence-electron chi connectivity index (χ2n) is 6.88. The SMILES string of the molecule is CC(C)C(=O)Nc1ccc(C(=O)N/N=C\[C@H]2C[C@H]3C=C[C@H]2C3)cc1. The summed E-state index contributed by atoms with van der Waals surface area (Å²) >= 11 is 0. The van der Waals surface area contributed by atoms with Crippen LogP contribution in [0.5, 0.6) is 0 Å². The number of hydrogen-bond donors (Lipinski definition) is 2. The molecule has 0 spiro atoms. The number of allylic oxidation sites excluding steroid dienone is 2. The molecule has 3 atom stereocenters. The van der Waals surface area contributed by atoms with Gasteiger partial charge < -0.3 is 5.32 Å². The maximum atomic E-state index is 12.1. The van der Waals surface area contributed by atoms with Gasteiger partial charge in [-0.05, 0) is 48.9 Å². The first-order valence-corrected chi connectivity index (χ1v) is 8.45. The molecule has 0 radical (unpaired) electrons. The van der Waals surface area contributed by atoms with Gasteiger partial charge in [-0.25, -0.2) is 5.43 Å². The molecule has 2 bridgehead atoms. The van der Waals surface area contributed by atoms with E-state index in [4.69, 9.17) is 0 Å². The Morgan fingerprint density at radius 2 is 1.92 bits per heavy atom. The van der Waals surface area contributed by atoms with Gasteiger partial charge in [-0.15, -0.1) is 0 Å². The van der Waals surface area contributed by atoms with Crippen LogP contribution in [0.1, 0.15) is 37.0 Å². The first-order chi connectivity index (χ1) is 11.5. The van der Waals surface area contributed by atoms with Crippen LogP contribution >= 0.6 is 0 Å². The summed E-state index contributed by atoms with van der Waals surface area (Å²) in [6.07, 6.45) is 8.76. The van der Waals surface area contributed by atoms with E-state index in [0.29, 0.717) is 29.0 Å². The van der Waals surface area contributed by atoms with E-state index < -0.39 is 0 Å². The molecule has 2 aliphatic rings. The van der Waals surface area contributed by atoms with Crippen molar-refractivity contribution in [2.75, 3.05) is 5.32 Å². The highest BCUT2D eigenvalue weighted by atomic mass is 16.2. The number of rotatable bonds is 5. The van der Waals surface area contributed by atoms with Gasteiger partial charge in [0, 0.05) is 29.3 Å². The number of fused-ring (bicyclic) bond motifs is 2. The lowest BCUT2D eigenvalue weighted by Crippen LogP contribution is -2.20. The quantitative estimate of drug-likeness (QED) is 0.496. The van der Waals surface area contributed by atoms with E-state index in [2.05, 4.69) is 28.0 Å². The van der Waals surface area contributed by atoms with E-state index in [1.54, 1.807) is 24.3 Å². The molecule has 2 amide bonds.